The van der Waals surface area contributed by atoms with E-state index in [1.54, 1.807) is 30.5 Å². The lowest BCUT2D eigenvalue weighted by molar-refractivity contribution is -0.132. The summed E-state index contributed by atoms with van der Waals surface area (Å²) in [4.78, 5) is 24.3. The molecule has 3 aromatic rings. The highest BCUT2D eigenvalue weighted by Crippen LogP contribution is 2.30. The fraction of sp³-hybridized carbons (Fsp3) is 0.0476. The molecule has 0 saturated carbocycles. The van der Waals surface area contributed by atoms with Crippen LogP contribution in [0.25, 0.3) is 6.08 Å². The van der Waals surface area contributed by atoms with E-state index in [-0.39, 0.29) is 16.7 Å². The summed E-state index contributed by atoms with van der Waals surface area (Å²) in [7, 11) is 0. The minimum Gasteiger partial charge on any atom is -0.477 e. The summed E-state index contributed by atoms with van der Waals surface area (Å²) in [5.41, 5.74) is 3.09. The number of hydrogen-bond donors (Lipinski definition) is 3. The third-order valence-corrected chi connectivity index (χ3v) is 5.43. The molecule has 0 spiro atoms. The SMILES string of the molecule is O=C(O)C1=Cc2ccc(NCc3c(Cl)cncc3Cl)cc2N=C(c2cccnc2Cl)N1. The van der Waals surface area contributed by atoms with Crippen LogP contribution in [0.2, 0.25) is 15.2 Å². The van der Waals surface area contributed by atoms with E-state index in [4.69, 9.17) is 34.8 Å². The summed E-state index contributed by atoms with van der Waals surface area (Å²) in [6.07, 6.45) is 6.11. The zero-order valence-electron chi connectivity index (χ0n) is 15.7. The number of benzene rings is 1. The third kappa shape index (κ3) is 4.64. The quantitative estimate of drug-likeness (QED) is 0.442. The first-order chi connectivity index (χ1) is 14.9. The average molecular weight is 475 g/mol. The van der Waals surface area contributed by atoms with Gasteiger partial charge in [0.15, 0.2) is 0 Å². The topological polar surface area (TPSA) is 99.5 Å². The van der Waals surface area contributed by atoms with Crippen molar-refractivity contribution in [3.05, 3.63) is 86.5 Å². The number of aromatic nitrogens is 2. The molecular weight excluding hydrogens is 461 g/mol. The van der Waals surface area contributed by atoms with Crippen molar-refractivity contribution in [2.75, 3.05) is 5.32 Å². The number of rotatable bonds is 5. The van der Waals surface area contributed by atoms with Gasteiger partial charge in [0.05, 0.1) is 21.3 Å². The first-order valence-corrected chi connectivity index (χ1v) is 10.1. The van der Waals surface area contributed by atoms with Crippen LogP contribution in [0.5, 0.6) is 0 Å². The molecule has 1 aromatic carbocycles. The zero-order valence-corrected chi connectivity index (χ0v) is 18.0. The van der Waals surface area contributed by atoms with Crippen molar-refractivity contribution in [2.24, 2.45) is 4.99 Å². The van der Waals surface area contributed by atoms with Crippen LogP contribution in [0.4, 0.5) is 11.4 Å². The van der Waals surface area contributed by atoms with E-state index in [9.17, 15) is 9.90 Å². The molecule has 0 aliphatic carbocycles. The number of amidine groups is 1. The summed E-state index contributed by atoms with van der Waals surface area (Å²) in [6.45, 7) is 0.373. The molecule has 0 saturated heterocycles. The number of hydrogen-bond acceptors (Lipinski definition) is 6. The second-order valence-corrected chi connectivity index (χ2v) is 7.67. The van der Waals surface area contributed by atoms with Gasteiger partial charge in [0.25, 0.3) is 0 Å². The number of anilines is 1. The van der Waals surface area contributed by atoms with Crippen LogP contribution < -0.4 is 10.6 Å². The Morgan fingerprint density at radius 1 is 1.13 bits per heavy atom. The Balaban J connectivity index is 1.71. The van der Waals surface area contributed by atoms with E-state index in [1.165, 1.54) is 18.5 Å². The molecule has 156 valence electrons. The molecule has 0 amide bonds. The largest absolute Gasteiger partial charge is 0.477 e. The predicted octanol–water partition coefficient (Wildman–Crippen LogP) is 5.16. The number of aliphatic imine (C=N–C) groups is 1. The van der Waals surface area contributed by atoms with Crippen LogP contribution in [0.3, 0.4) is 0 Å². The molecular formula is C21H14Cl3N5O2. The van der Waals surface area contributed by atoms with Gasteiger partial charge < -0.3 is 15.7 Å². The maximum atomic E-state index is 11.7. The van der Waals surface area contributed by atoms with E-state index in [1.807, 2.05) is 6.07 Å². The van der Waals surface area contributed by atoms with Gasteiger partial charge in [-0.25, -0.2) is 14.8 Å². The maximum absolute atomic E-state index is 11.7. The number of nitrogens with zero attached hydrogens (tertiary/aromatic N) is 3. The number of carboxylic acid groups (broad SMARTS) is 1. The maximum Gasteiger partial charge on any atom is 0.352 e. The minimum atomic E-state index is -1.12. The van der Waals surface area contributed by atoms with Crippen LogP contribution in [-0.4, -0.2) is 26.9 Å². The van der Waals surface area contributed by atoms with E-state index in [2.05, 4.69) is 25.6 Å². The van der Waals surface area contributed by atoms with Gasteiger partial charge in [-0.2, -0.15) is 0 Å². The van der Waals surface area contributed by atoms with Crippen LogP contribution in [-0.2, 0) is 11.3 Å². The first-order valence-electron chi connectivity index (χ1n) is 9.00. The number of halogens is 3. The number of pyridine rings is 2. The van der Waals surface area contributed by atoms with Crippen molar-refractivity contribution < 1.29 is 9.90 Å². The Labute approximate surface area is 192 Å². The van der Waals surface area contributed by atoms with Crippen molar-refractivity contribution in [1.29, 1.82) is 0 Å². The number of carboxylic acids is 1. The lowest BCUT2D eigenvalue weighted by atomic mass is 10.1. The molecule has 0 unspecified atom stereocenters. The minimum absolute atomic E-state index is 0.0338. The van der Waals surface area contributed by atoms with Gasteiger partial charge in [-0.15, -0.1) is 0 Å². The van der Waals surface area contributed by atoms with Crippen LogP contribution >= 0.6 is 34.8 Å². The van der Waals surface area contributed by atoms with E-state index < -0.39 is 5.97 Å². The number of carbonyl (C=O) groups is 1. The third-order valence-electron chi connectivity index (χ3n) is 4.48. The van der Waals surface area contributed by atoms with Gasteiger partial charge in [-0.1, -0.05) is 40.9 Å². The smallest absolute Gasteiger partial charge is 0.352 e. The number of aliphatic carboxylic acids is 1. The van der Waals surface area contributed by atoms with Gasteiger partial charge in [0.2, 0.25) is 0 Å². The zero-order chi connectivity index (χ0) is 22.0. The molecule has 3 N–H and O–H groups in total. The fourth-order valence-corrected chi connectivity index (χ4v) is 3.65. The van der Waals surface area contributed by atoms with E-state index in [0.717, 1.165) is 5.69 Å². The molecule has 0 bridgehead atoms. The van der Waals surface area contributed by atoms with E-state index in [0.29, 0.717) is 39.0 Å². The number of fused-ring (bicyclic) bond motifs is 1. The standard InChI is InChI=1S/C21H14Cl3N5O2/c22-15-9-25-10-16(23)14(15)8-27-12-4-3-11-6-18(21(30)31)29-20(28-17(11)7-12)13-2-1-5-26-19(13)24/h1-7,9-10,27H,8H2,(H,28,29)(H,30,31). The number of nitrogens with one attached hydrogen (secondary N) is 2. The van der Waals surface area contributed by atoms with Crippen molar-refractivity contribution in [3.8, 4) is 0 Å². The summed E-state index contributed by atoms with van der Waals surface area (Å²) in [5, 5.41) is 16.8. The summed E-state index contributed by atoms with van der Waals surface area (Å²) < 4.78 is 0. The summed E-state index contributed by atoms with van der Waals surface area (Å²) in [6, 6.07) is 8.79. The van der Waals surface area contributed by atoms with Crippen molar-refractivity contribution >= 4 is 64.1 Å². The Kier molecular flexibility index (Phi) is 6.08. The molecule has 1 aliphatic heterocycles. The van der Waals surface area contributed by atoms with Crippen molar-refractivity contribution in [1.82, 2.24) is 15.3 Å². The highest BCUT2D eigenvalue weighted by molar-refractivity contribution is 6.35. The highest BCUT2D eigenvalue weighted by Gasteiger charge is 2.19. The Hall–Kier alpha value is -3.13. The van der Waals surface area contributed by atoms with Crippen molar-refractivity contribution in [3.63, 3.8) is 0 Å². The molecule has 31 heavy (non-hydrogen) atoms. The van der Waals surface area contributed by atoms with Crippen LogP contribution in [0.1, 0.15) is 16.7 Å². The lowest BCUT2D eigenvalue weighted by Crippen LogP contribution is -2.27. The van der Waals surface area contributed by atoms with E-state index >= 15 is 0 Å². The highest BCUT2D eigenvalue weighted by atomic mass is 35.5. The Bertz CT molecular complexity index is 1220. The molecule has 2 aromatic heterocycles. The molecule has 4 rings (SSSR count). The fourth-order valence-electron chi connectivity index (χ4n) is 2.94. The average Bonchev–Trinajstić information content (AvgIpc) is 2.93. The first kappa shape index (κ1) is 21.1. The summed E-state index contributed by atoms with van der Waals surface area (Å²) in [5.74, 6) is -0.840. The van der Waals surface area contributed by atoms with Crippen LogP contribution in [0.15, 0.2) is 59.6 Å². The summed E-state index contributed by atoms with van der Waals surface area (Å²) >= 11 is 18.6. The molecule has 0 radical (unpaired) electrons. The molecule has 3 heterocycles. The van der Waals surface area contributed by atoms with Gasteiger partial charge in [0, 0.05) is 41.9 Å². The van der Waals surface area contributed by atoms with Gasteiger partial charge in [0.1, 0.15) is 16.7 Å². The molecule has 1 aliphatic rings. The predicted molar refractivity (Wildman–Crippen MR) is 122 cm³/mol. The second-order valence-electron chi connectivity index (χ2n) is 6.50. The molecule has 0 atom stereocenters. The Morgan fingerprint density at radius 3 is 2.61 bits per heavy atom. The van der Waals surface area contributed by atoms with Crippen LogP contribution in [0, 0.1) is 0 Å². The van der Waals surface area contributed by atoms with Gasteiger partial charge in [-0.05, 0) is 30.3 Å². The molecule has 7 nitrogen and oxygen atoms in total. The lowest BCUT2D eigenvalue weighted by Gasteiger charge is -2.11. The molecule has 10 heteroatoms. The second kappa shape index (κ2) is 8.93. The molecule has 0 fully saturated rings. The van der Waals surface area contributed by atoms with Crippen molar-refractivity contribution in [2.45, 2.75) is 6.54 Å². The monoisotopic (exact) mass is 473 g/mol. The van der Waals surface area contributed by atoms with Gasteiger partial charge in [-0.3, -0.25) is 4.98 Å². The Morgan fingerprint density at radius 2 is 1.90 bits per heavy atom. The normalized spacial score (nSPS) is 12.7. The van der Waals surface area contributed by atoms with Gasteiger partial charge >= 0.3 is 5.97 Å².